The van der Waals surface area contributed by atoms with Crippen molar-refractivity contribution >= 4 is 35.8 Å². The Morgan fingerprint density at radius 2 is 1.79 bits per heavy atom. The predicted octanol–water partition coefficient (Wildman–Crippen LogP) is 3.51. The highest BCUT2D eigenvalue weighted by atomic mass is 127. The number of aryl methyl sites for hydroxylation is 2. The number of nitrogens with zero attached hydrogens (tertiary/aromatic N) is 1. The smallest absolute Gasteiger partial charge is 0.287 e. The van der Waals surface area contributed by atoms with Gasteiger partial charge in [-0.1, -0.05) is 30.3 Å². The van der Waals surface area contributed by atoms with Crippen molar-refractivity contribution in [2.75, 3.05) is 26.2 Å². The minimum atomic E-state index is -0.174. The molecule has 0 aliphatic carbocycles. The Labute approximate surface area is 184 Å². The van der Waals surface area contributed by atoms with E-state index in [0.717, 1.165) is 43.9 Å². The van der Waals surface area contributed by atoms with Crippen LogP contribution in [0.4, 0.5) is 0 Å². The molecular formula is C21H31IN4O2. The molecule has 0 unspecified atom stereocenters. The van der Waals surface area contributed by atoms with Crippen LogP contribution in [0.5, 0.6) is 0 Å². The highest BCUT2D eigenvalue weighted by Gasteiger charge is 2.11. The Kier molecular flexibility index (Phi) is 12.0. The summed E-state index contributed by atoms with van der Waals surface area (Å²) in [7, 11) is 0. The summed E-state index contributed by atoms with van der Waals surface area (Å²) in [6, 6.07) is 12.3. The highest BCUT2D eigenvalue weighted by Crippen LogP contribution is 2.07. The zero-order valence-electron chi connectivity index (χ0n) is 16.7. The first-order chi connectivity index (χ1) is 13.2. The maximum atomic E-state index is 12.0. The van der Waals surface area contributed by atoms with Crippen LogP contribution < -0.4 is 16.0 Å². The number of hydrogen-bond donors (Lipinski definition) is 3. The van der Waals surface area contributed by atoms with Crippen molar-refractivity contribution in [3.63, 3.8) is 0 Å². The lowest BCUT2D eigenvalue weighted by atomic mass is 10.1. The van der Waals surface area contributed by atoms with E-state index in [0.29, 0.717) is 18.8 Å². The molecule has 0 aliphatic rings. The van der Waals surface area contributed by atoms with E-state index in [1.54, 1.807) is 6.07 Å². The van der Waals surface area contributed by atoms with Crippen LogP contribution in [0.3, 0.4) is 0 Å². The molecule has 3 N–H and O–H groups in total. The number of rotatable bonds is 10. The van der Waals surface area contributed by atoms with Crippen LogP contribution in [0.1, 0.15) is 41.4 Å². The van der Waals surface area contributed by atoms with Crippen molar-refractivity contribution < 1.29 is 9.21 Å². The lowest BCUT2D eigenvalue weighted by Gasteiger charge is -2.11. The van der Waals surface area contributed by atoms with Gasteiger partial charge in [-0.15, -0.1) is 24.0 Å². The Bertz CT molecular complexity index is 716. The molecule has 2 rings (SSSR count). The highest BCUT2D eigenvalue weighted by molar-refractivity contribution is 14.0. The SMILES string of the molecule is CCNC(=NCCCNC(=O)c1occc1C)NCCCc1ccccc1.I. The molecular weight excluding hydrogens is 467 g/mol. The number of amides is 1. The molecule has 0 saturated carbocycles. The van der Waals surface area contributed by atoms with Crippen LogP contribution >= 0.6 is 24.0 Å². The topological polar surface area (TPSA) is 78.7 Å². The van der Waals surface area contributed by atoms with Gasteiger partial charge in [0.25, 0.3) is 5.91 Å². The average Bonchev–Trinajstić information content (AvgIpc) is 3.11. The van der Waals surface area contributed by atoms with E-state index in [1.807, 2.05) is 19.9 Å². The molecule has 0 aliphatic heterocycles. The molecule has 0 radical (unpaired) electrons. The molecule has 1 aromatic heterocycles. The predicted molar refractivity (Wildman–Crippen MR) is 125 cm³/mol. The number of aliphatic imine (C=N–C) groups is 1. The second kappa shape index (κ2) is 14.0. The molecule has 2 aromatic rings. The summed E-state index contributed by atoms with van der Waals surface area (Å²) in [5.41, 5.74) is 2.20. The maximum Gasteiger partial charge on any atom is 0.287 e. The van der Waals surface area contributed by atoms with E-state index in [1.165, 1.54) is 11.8 Å². The van der Waals surface area contributed by atoms with E-state index in [-0.39, 0.29) is 29.9 Å². The van der Waals surface area contributed by atoms with E-state index in [9.17, 15) is 4.79 Å². The van der Waals surface area contributed by atoms with Gasteiger partial charge in [-0.3, -0.25) is 9.79 Å². The van der Waals surface area contributed by atoms with Gasteiger partial charge in [0.05, 0.1) is 6.26 Å². The molecule has 0 bridgehead atoms. The Hall–Kier alpha value is -2.03. The largest absolute Gasteiger partial charge is 0.459 e. The van der Waals surface area contributed by atoms with Crippen LogP contribution in [-0.2, 0) is 6.42 Å². The summed E-state index contributed by atoms with van der Waals surface area (Å²) in [5.74, 6) is 1.03. The van der Waals surface area contributed by atoms with Crippen molar-refractivity contribution in [3.05, 3.63) is 59.5 Å². The van der Waals surface area contributed by atoms with Gasteiger partial charge < -0.3 is 20.4 Å². The van der Waals surface area contributed by atoms with Gasteiger partial charge in [-0.2, -0.15) is 0 Å². The summed E-state index contributed by atoms with van der Waals surface area (Å²) in [6.45, 7) is 6.80. The molecule has 0 fully saturated rings. The fourth-order valence-electron chi connectivity index (χ4n) is 2.64. The van der Waals surface area contributed by atoms with Gasteiger partial charge in [0.15, 0.2) is 11.7 Å². The molecule has 1 amide bonds. The number of halogens is 1. The number of hydrogen-bond acceptors (Lipinski definition) is 3. The van der Waals surface area contributed by atoms with E-state index >= 15 is 0 Å². The first kappa shape index (κ1) is 24.0. The molecule has 0 spiro atoms. The van der Waals surface area contributed by atoms with Crippen LogP contribution in [0.15, 0.2) is 52.1 Å². The third kappa shape index (κ3) is 8.77. The van der Waals surface area contributed by atoms with Crippen molar-refractivity contribution in [1.82, 2.24) is 16.0 Å². The minimum Gasteiger partial charge on any atom is -0.459 e. The number of furan rings is 1. The second-order valence-electron chi connectivity index (χ2n) is 6.32. The first-order valence-corrected chi connectivity index (χ1v) is 9.59. The van der Waals surface area contributed by atoms with Crippen molar-refractivity contribution in [2.24, 2.45) is 4.99 Å². The zero-order chi connectivity index (χ0) is 19.3. The van der Waals surface area contributed by atoms with Gasteiger partial charge in [0.2, 0.25) is 0 Å². The Morgan fingerprint density at radius 1 is 1.04 bits per heavy atom. The van der Waals surface area contributed by atoms with Gasteiger partial charge in [-0.25, -0.2) is 0 Å². The van der Waals surface area contributed by atoms with Crippen molar-refractivity contribution in [2.45, 2.75) is 33.1 Å². The van der Waals surface area contributed by atoms with E-state index in [4.69, 9.17) is 4.42 Å². The maximum absolute atomic E-state index is 12.0. The summed E-state index contributed by atoms with van der Waals surface area (Å²) >= 11 is 0. The molecule has 28 heavy (non-hydrogen) atoms. The summed E-state index contributed by atoms with van der Waals surface area (Å²) < 4.78 is 5.18. The number of nitrogens with one attached hydrogen (secondary N) is 3. The van der Waals surface area contributed by atoms with Crippen LogP contribution in [0, 0.1) is 6.92 Å². The molecule has 0 atom stereocenters. The number of guanidine groups is 1. The molecule has 1 aromatic carbocycles. The fraction of sp³-hybridized carbons (Fsp3) is 0.429. The molecule has 1 heterocycles. The van der Waals surface area contributed by atoms with Crippen molar-refractivity contribution in [3.8, 4) is 0 Å². The molecule has 7 heteroatoms. The third-order valence-electron chi connectivity index (χ3n) is 4.08. The number of carbonyl (C=O) groups excluding carboxylic acids is 1. The van der Waals surface area contributed by atoms with Gasteiger partial charge >= 0.3 is 0 Å². The monoisotopic (exact) mass is 498 g/mol. The van der Waals surface area contributed by atoms with Crippen LogP contribution in [0.2, 0.25) is 0 Å². The average molecular weight is 498 g/mol. The number of carbonyl (C=O) groups is 1. The normalized spacial score (nSPS) is 10.9. The minimum absolute atomic E-state index is 0. The number of benzene rings is 1. The third-order valence-corrected chi connectivity index (χ3v) is 4.08. The molecule has 154 valence electrons. The lowest BCUT2D eigenvalue weighted by Crippen LogP contribution is -2.38. The van der Waals surface area contributed by atoms with Crippen LogP contribution in [-0.4, -0.2) is 38.0 Å². The standard InChI is InChI=1S/C21H30N4O2.HI/c1-3-22-21(24-13-7-11-18-9-5-4-6-10-18)25-15-8-14-23-20(26)19-17(2)12-16-27-19;/h4-6,9-10,12,16H,3,7-8,11,13-15H2,1-2H3,(H,23,26)(H2,22,24,25);1H. The first-order valence-electron chi connectivity index (χ1n) is 9.59. The summed E-state index contributed by atoms with van der Waals surface area (Å²) in [6.07, 6.45) is 4.39. The quantitative estimate of drug-likeness (QED) is 0.203. The van der Waals surface area contributed by atoms with Gasteiger partial charge in [0.1, 0.15) is 0 Å². The van der Waals surface area contributed by atoms with E-state index in [2.05, 4.69) is 45.2 Å². The van der Waals surface area contributed by atoms with E-state index < -0.39 is 0 Å². The Balaban J connectivity index is 0.00000392. The summed E-state index contributed by atoms with van der Waals surface area (Å²) in [5, 5.41) is 9.46. The lowest BCUT2D eigenvalue weighted by molar-refractivity contribution is 0.0925. The fourth-order valence-corrected chi connectivity index (χ4v) is 2.64. The van der Waals surface area contributed by atoms with Crippen LogP contribution in [0.25, 0.3) is 0 Å². The second-order valence-corrected chi connectivity index (χ2v) is 6.32. The zero-order valence-corrected chi connectivity index (χ0v) is 19.0. The molecule has 6 nitrogen and oxygen atoms in total. The van der Waals surface area contributed by atoms with Gasteiger partial charge in [0, 0.05) is 31.7 Å². The summed E-state index contributed by atoms with van der Waals surface area (Å²) in [4.78, 5) is 16.5. The van der Waals surface area contributed by atoms with Gasteiger partial charge in [-0.05, 0) is 44.7 Å². The van der Waals surface area contributed by atoms with Crippen molar-refractivity contribution in [1.29, 1.82) is 0 Å². The molecule has 0 saturated heterocycles. The Morgan fingerprint density at radius 3 is 2.46 bits per heavy atom.